The number of carbonyl (C=O) groups excluding carboxylic acids is 1. The smallest absolute Gasteiger partial charge is 0.277 e. The van der Waals surface area contributed by atoms with Gasteiger partial charge in [0.05, 0.1) is 18.5 Å². The molecule has 0 aliphatic rings. The van der Waals surface area contributed by atoms with E-state index in [1.54, 1.807) is 13.0 Å². The van der Waals surface area contributed by atoms with E-state index in [4.69, 9.17) is 4.74 Å². The zero-order valence-electron chi connectivity index (χ0n) is 15.5. The van der Waals surface area contributed by atoms with Gasteiger partial charge >= 0.3 is 0 Å². The first-order chi connectivity index (χ1) is 13.2. The predicted octanol–water partition coefficient (Wildman–Crippen LogP) is 0.786. The molecule has 0 saturated heterocycles. The van der Waals surface area contributed by atoms with Crippen LogP contribution in [0.2, 0.25) is 0 Å². The van der Waals surface area contributed by atoms with Crippen LogP contribution in [-0.2, 0) is 10.0 Å². The summed E-state index contributed by atoms with van der Waals surface area (Å²) in [5.41, 5.74) is 0.745. The summed E-state index contributed by atoms with van der Waals surface area (Å²) in [6.07, 6.45) is 1.37. The Balaban J connectivity index is 2.03. The fourth-order valence-electron chi connectivity index (χ4n) is 2.51. The van der Waals surface area contributed by atoms with Gasteiger partial charge in [0.25, 0.3) is 5.56 Å². The number of sulfonamides is 1. The number of H-pyrrole nitrogens is 2. The molecule has 10 nitrogen and oxygen atoms in total. The number of nitrogens with one attached hydrogen (secondary N) is 2. The molecule has 0 saturated carbocycles. The highest BCUT2D eigenvalue weighted by atomic mass is 32.2. The molecule has 0 aliphatic heterocycles. The Kier molecular flexibility index (Phi) is 5.29. The Labute approximate surface area is 160 Å². The monoisotopic (exact) mass is 405 g/mol. The third-order valence-electron chi connectivity index (χ3n) is 4.02. The van der Waals surface area contributed by atoms with Gasteiger partial charge < -0.3 is 14.7 Å². The molecule has 148 valence electrons. The molecule has 3 rings (SSSR count). The van der Waals surface area contributed by atoms with Crippen LogP contribution in [0.15, 0.2) is 29.3 Å². The van der Waals surface area contributed by atoms with Crippen molar-refractivity contribution in [3.8, 4) is 17.1 Å². The summed E-state index contributed by atoms with van der Waals surface area (Å²) in [5.74, 6) is -0.689. The summed E-state index contributed by atoms with van der Waals surface area (Å²) in [7, 11) is -0.954. The van der Waals surface area contributed by atoms with Gasteiger partial charge in [-0.15, -0.1) is 0 Å². The highest BCUT2D eigenvalue weighted by molar-refractivity contribution is 7.89. The van der Waals surface area contributed by atoms with E-state index in [0.717, 1.165) is 4.31 Å². The molecule has 2 N–H and O–H groups in total. The van der Waals surface area contributed by atoms with Gasteiger partial charge in [0.1, 0.15) is 17.3 Å². The van der Waals surface area contributed by atoms with E-state index >= 15 is 0 Å². The van der Waals surface area contributed by atoms with E-state index in [9.17, 15) is 18.0 Å². The van der Waals surface area contributed by atoms with Gasteiger partial charge in [-0.1, -0.05) is 6.07 Å². The molecule has 28 heavy (non-hydrogen) atoms. The lowest BCUT2D eigenvalue weighted by Gasteiger charge is -2.13. The topological polar surface area (TPSA) is 138 Å². The maximum absolute atomic E-state index is 12.4. The number of aromatic nitrogens is 4. The molecule has 2 heterocycles. The second kappa shape index (κ2) is 7.52. The molecule has 11 heteroatoms. The number of nitrogens with zero attached hydrogens (tertiary/aromatic N) is 3. The minimum atomic E-state index is -3.69. The second-order valence-electron chi connectivity index (χ2n) is 6.12. The van der Waals surface area contributed by atoms with Crippen LogP contribution in [0.3, 0.4) is 0 Å². The van der Waals surface area contributed by atoms with Crippen LogP contribution in [0.1, 0.15) is 17.3 Å². The summed E-state index contributed by atoms with van der Waals surface area (Å²) < 4.78 is 30.5. The molecule has 0 atom stereocenters. The normalized spacial score (nSPS) is 11.9. The summed E-state index contributed by atoms with van der Waals surface area (Å²) >= 11 is 0. The Morgan fingerprint density at radius 3 is 2.71 bits per heavy atom. The third-order valence-corrected chi connectivity index (χ3v) is 5.76. The van der Waals surface area contributed by atoms with Gasteiger partial charge in [-0.2, -0.15) is 0 Å². The van der Waals surface area contributed by atoms with Crippen molar-refractivity contribution in [2.45, 2.75) is 6.92 Å². The number of carbonyl (C=O) groups is 1. The lowest BCUT2D eigenvalue weighted by atomic mass is 10.1. The van der Waals surface area contributed by atoms with Crippen molar-refractivity contribution >= 4 is 27.0 Å². The van der Waals surface area contributed by atoms with E-state index < -0.39 is 27.1 Å². The first-order valence-corrected chi connectivity index (χ1v) is 9.98. The van der Waals surface area contributed by atoms with Crippen LogP contribution in [0, 0.1) is 0 Å². The lowest BCUT2D eigenvalue weighted by Crippen LogP contribution is -2.29. The molecular weight excluding hydrogens is 386 g/mol. The standard InChI is InChI=1S/C17H19N5O5S/c1-4-27-13-7-10(12(23)8-28(25,26)22(2)3)5-6-11(13)15-20-16-14(17(24)21-15)18-9-19-16/h5-7,9H,4,8H2,1-3H3,(H2,18,19,20,21,24). The third kappa shape index (κ3) is 3.80. The number of benzene rings is 1. The van der Waals surface area contributed by atoms with Crippen LogP contribution < -0.4 is 10.3 Å². The quantitative estimate of drug-likeness (QED) is 0.554. The lowest BCUT2D eigenvalue weighted by molar-refractivity contribution is 0.101. The van der Waals surface area contributed by atoms with Crippen LogP contribution in [0.5, 0.6) is 5.75 Å². The molecule has 0 radical (unpaired) electrons. The SMILES string of the molecule is CCOc1cc(C(=O)CS(=O)(=O)N(C)C)ccc1-c1nc2nc[nH]c2c(=O)[nH]1. The number of Topliss-reactive ketones (excluding diaryl/α,β-unsaturated/α-hetero) is 1. The maximum Gasteiger partial charge on any atom is 0.277 e. The van der Waals surface area contributed by atoms with Crippen LogP contribution in [0.4, 0.5) is 0 Å². The molecule has 0 aliphatic carbocycles. The van der Waals surface area contributed by atoms with E-state index in [-0.39, 0.29) is 22.6 Å². The average molecular weight is 405 g/mol. The number of hydrogen-bond donors (Lipinski definition) is 2. The van der Waals surface area contributed by atoms with Crippen molar-refractivity contribution in [1.29, 1.82) is 0 Å². The average Bonchev–Trinajstić information content (AvgIpc) is 3.10. The van der Waals surface area contributed by atoms with E-state index in [2.05, 4.69) is 19.9 Å². The molecule has 0 amide bonds. The summed E-state index contributed by atoms with van der Waals surface area (Å²) in [6, 6.07) is 4.47. The Morgan fingerprint density at radius 1 is 1.29 bits per heavy atom. The summed E-state index contributed by atoms with van der Waals surface area (Å²) in [4.78, 5) is 38.2. The predicted molar refractivity (Wildman–Crippen MR) is 103 cm³/mol. The van der Waals surface area contributed by atoms with Crippen molar-refractivity contribution in [3.63, 3.8) is 0 Å². The van der Waals surface area contributed by atoms with Gasteiger partial charge in [-0.25, -0.2) is 22.7 Å². The minimum absolute atomic E-state index is 0.181. The number of ketones is 1. The van der Waals surface area contributed by atoms with Gasteiger partial charge in [-0.05, 0) is 19.1 Å². The molecule has 0 bridgehead atoms. The van der Waals surface area contributed by atoms with E-state index in [1.807, 2.05) is 0 Å². The second-order valence-corrected chi connectivity index (χ2v) is 8.30. The largest absolute Gasteiger partial charge is 0.493 e. The Hall–Kier alpha value is -3.05. The number of imidazole rings is 1. The number of rotatable bonds is 7. The molecule has 1 aromatic carbocycles. The highest BCUT2D eigenvalue weighted by Crippen LogP contribution is 2.29. The van der Waals surface area contributed by atoms with Crippen molar-refractivity contribution in [2.24, 2.45) is 0 Å². The minimum Gasteiger partial charge on any atom is -0.493 e. The van der Waals surface area contributed by atoms with E-state index in [1.165, 1.54) is 32.6 Å². The number of aromatic amines is 2. The molecule has 0 fully saturated rings. The first kappa shape index (κ1) is 19.7. The van der Waals surface area contributed by atoms with Crippen molar-refractivity contribution in [1.82, 2.24) is 24.2 Å². The summed E-state index contributed by atoms with van der Waals surface area (Å²) in [6.45, 7) is 2.07. The van der Waals surface area contributed by atoms with E-state index in [0.29, 0.717) is 17.9 Å². The highest BCUT2D eigenvalue weighted by Gasteiger charge is 2.22. The summed E-state index contributed by atoms with van der Waals surface area (Å²) in [5, 5.41) is 0. The zero-order valence-corrected chi connectivity index (χ0v) is 16.3. The number of fused-ring (bicyclic) bond motifs is 1. The van der Waals surface area contributed by atoms with Crippen LogP contribution in [0.25, 0.3) is 22.6 Å². The van der Waals surface area contributed by atoms with Gasteiger partial charge in [-0.3, -0.25) is 9.59 Å². The van der Waals surface area contributed by atoms with Crippen molar-refractivity contribution in [2.75, 3.05) is 26.5 Å². The molecule has 0 unspecified atom stereocenters. The molecule has 0 spiro atoms. The fraction of sp³-hybridized carbons (Fsp3) is 0.294. The molecule has 3 aromatic rings. The fourth-order valence-corrected chi connectivity index (χ4v) is 3.27. The van der Waals surface area contributed by atoms with Crippen LogP contribution >= 0.6 is 0 Å². The number of ether oxygens (including phenoxy) is 1. The van der Waals surface area contributed by atoms with Gasteiger partial charge in [0.2, 0.25) is 10.0 Å². The van der Waals surface area contributed by atoms with Crippen LogP contribution in [-0.4, -0.2) is 64.9 Å². The van der Waals surface area contributed by atoms with Crippen molar-refractivity contribution < 1.29 is 17.9 Å². The van der Waals surface area contributed by atoms with Crippen molar-refractivity contribution in [3.05, 3.63) is 40.4 Å². The van der Waals surface area contributed by atoms with Gasteiger partial charge in [0.15, 0.2) is 16.9 Å². The Bertz CT molecular complexity index is 1200. The molecular formula is C17H19N5O5S. The number of hydrogen-bond acceptors (Lipinski definition) is 7. The first-order valence-electron chi connectivity index (χ1n) is 8.37. The zero-order chi connectivity index (χ0) is 20.5. The molecule has 2 aromatic heterocycles. The Morgan fingerprint density at radius 2 is 2.04 bits per heavy atom. The van der Waals surface area contributed by atoms with Gasteiger partial charge in [0, 0.05) is 19.7 Å². The maximum atomic E-state index is 12.4.